The number of hydrogen-bond acceptors (Lipinski definition) is 3. The molecular formula is C10H20N2S. The lowest BCUT2D eigenvalue weighted by atomic mass is 10.3. The lowest BCUT2D eigenvalue weighted by molar-refractivity contribution is 0.308. The maximum absolute atomic E-state index is 8.57. The van der Waals surface area contributed by atoms with Crippen molar-refractivity contribution >= 4 is 11.8 Å². The van der Waals surface area contributed by atoms with Crippen molar-refractivity contribution in [3.63, 3.8) is 0 Å². The average molecular weight is 200 g/mol. The zero-order valence-corrected chi connectivity index (χ0v) is 9.57. The van der Waals surface area contributed by atoms with Crippen molar-refractivity contribution < 1.29 is 0 Å². The van der Waals surface area contributed by atoms with Crippen LogP contribution in [-0.2, 0) is 0 Å². The first-order valence-electron chi connectivity index (χ1n) is 5.02. The van der Waals surface area contributed by atoms with E-state index in [4.69, 9.17) is 5.26 Å². The fourth-order valence-electron chi connectivity index (χ4n) is 1.22. The topological polar surface area (TPSA) is 27.0 Å². The van der Waals surface area contributed by atoms with Crippen LogP contribution in [0.15, 0.2) is 0 Å². The van der Waals surface area contributed by atoms with Gasteiger partial charge in [-0.3, -0.25) is 4.90 Å². The molecule has 0 aromatic carbocycles. The highest BCUT2D eigenvalue weighted by Crippen LogP contribution is 2.02. The van der Waals surface area contributed by atoms with Crippen LogP contribution in [-0.4, -0.2) is 36.0 Å². The third-order valence-corrected chi connectivity index (χ3v) is 2.79. The summed E-state index contributed by atoms with van der Waals surface area (Å²) in [5, 5.41) is 8.57. The molecule has 0 saturated heterocycles. The van der Waals surface area contributed by atoms with E-state index in [0.717, 1.165) is 19.5 Å². The van der Waals surface area contributed by atoms with E-state index in [1.807, 2.05) is 11.8 Å². The zero-order chi connectivity index (χ0) is 9.94. The van der Waals surface area contributed by atoms with Crippen LogP contribution in [0.4, 0.5) is 0 Å². The molecule has 76 valence electrons. The van der Waals surface area contributed by atoms with Gasteiger partial charge < -0.3 is 0 Å². The van der Waals surface area contributed by atoms with Gasteiger partial charge in [0.2, 0.25) is 0 Å². The normalized spacial score (nSPS) is 10.3. The first-order chi connectivity index (χ1) is 6.35. The molecule has 13 heavy (non-hydrogen) atoms. The van der Waals surface area contributed by atoms with Crippen LogP contribution in [0.5, 0.6) is 0 Å². The Morgan fingerprint density at radius 3 is 2.62 bits per heavy atom. The van der Waals surface area contributed by atoms with Crippen LogP contribution in [0, 0.1) is 11.3 Å². The van der Waals surface area contributed by atoms with E-state index >= 15 is 0 Å². The smallest absolute Gasteiger partial charge is 0.0865 e. The Kier molecular flexibility index (Phi) is 9.73. The molecule has 3 heteroatoms. The molecule has 0 heterocycles. The molecular weight excluding hydrogens is 180 g/mol. The second kappa shape index (κ2) is 9.88. The SMILES string of the molecule is CCCN(CC#N)CCCSCC. The molecule has 0 aliphatic rings. The average Bonchev–Trinajstić information content (AvgIpc) is 2.13. The summed E-state index contributed by atoms with van der Waals surface area (Å²) >= 11 is 1.98. The van der Waals surface area contributed by atoms with E-state index in [-0.39, 0.29) is 0 Å². The third kappa shape index (κ3) is 8.14. The molecule has 0 rings (SSSR count). The van der Waals surface area contributed by atoms with E-state index < -0.39 is 0 Å². The van der Waals surface area contributed by atoms with Crippen molar-refractivity contribution in [2.24, 2.45) is 0 Å². The van der Waals surface area contributed by atoms with Gasteiger partial charge in [-0.1, -0.05) is 13.8 Å². The summed E-state index contributed by atoms with van der Waals surface area (Å²) in [4.78, 5) is 2.23. The molecule has 0 N–H and O–H groups in total. The van der Waals surface area contributed by atoms with Crippen LogP contribution < -0.4 is 0 Å². The molecule has 0 radical (unpaired) electrons. The maximum Gasteiger partial charge on any atom is 0.0865 e. The van der Waals surface area contributed by atoms with Crippen LogP contribution in [0.2, 0.25) is 0 Å². The van der Waals surface area contributed by atoms with Gasteiger partial charge >= 0.3 is 0 Å². The quantitative estimate of drug-likeness (QED) is 0.444. The van der Waals surface area contributed by atoms with Gasteiger partial charge in [0, 0.05) is 0 Å². The van der Waals surface area contributed by atoms with E-state index in [1.165, 1.54) is 17.9 Å². The molecule has 0 aliphatic carbocycles. The van der Waals surface area contributed by atoms with Crippen LogP contribution in [0.1, 0.15) is 26.7 Å². The molecule has 0 spiro atoms. The Balaban J connectivity index is 3.40. The van der Waals surface area contributed by atoms with Gasteiger partial charge in [-0.15, -0.1) is 0 Å². The highest BCUT2D eigenvalue weighted by Gasteiger charge is 2.01. The second-order valence-corrected chi connectivity index (χ2v) is 4.38. The molecule has 0 aromatic rings. The van der Waals surface area contributed by atoms with Gasteiger partial charge in [-0.05, 0) is 37.4 Å². The summed E-state index contributed by atoms with van der Waals surface area (Å²) in [6.07, 6.45) is 2.35. The second-order valence-electron chi connectivity index (χ2n) is 2.98. The number of thioether (sulfide) groups is 1. The van der Waals surface area contributed by atoms with Crippen LogP contribution in [0.3, 0.4) is 0 Å². The Morgan fingerprint density at radius 2 is 2.08 bits per heavy atom. The number of hydrogen-bond donors (Lipinski definition) is 0. The predicted molar refractivity (Wildman–Crippen MR) is 60.0 cm³/mol. The van der Waals surface area contributed by atoms with Crippen molar-refractivity contribution in [3.8, 4) is 6.07 Å². The molecule has 0 amide bonds. The summed E-state index contributed by atoms with van der Waals surface area (Å²) in [5.41, 5.74) is 0. The minimum absolute atomic E-state index is 0.588. The van der Waals surface area contributed by atoms with Crippen molar-refractivity contribution in [1.82, 2.24) is 4.90 Å². The van der Waals surface area contributed by atoms with Gasteiger partial charge in [0.25, 0.3) is 0 Å². The number of nitrogens with zero attached hydrogens (tertiary/aromatic N) is 2. The summed E-state index contributed by atoms with van der Waals surface area (Å²) in [7, 11) is 0. The van der Waals surface area contributed by atoms with Crippen LogP contribution >= 0.6 is 11.8 Å². The minimum Gasteiger partial charge on any atom is -0.291 e. The van der Waals surface area contributed by atoms with Crippen molar-refractivity contribution in [2.75, 3.05) is 31.1 Å². The maximum atomic E-state index is 8.57. The largest absolute Gasteiger partial charge is 0.291 e. The van der Waals surface area contributed by atoms with Gasteiger partial charge in [-0.2, -0.15) is 17.0 Å². The van der Waals surface area contributed by atoms with Crippen molar-refractivity contribution in [1.29, 1.82) is 5.26 Å². The summed E-state index contributed by atoms with van der Waals surface area (Å²) in [5.74, 6) is 2.42. The van der Waals surface area contributed by atoms with Gasteiger partial charge in [0.15, 0.2) is 0 Å². The molecule has 0 aromatic heterocycles. The standard InChI is InChI=1S/C10H20N2S/c1-3-7-12(9-6-11)8-5-10-13-4-2/h3-5,7-10H2,1-2H3. The first-order valence-corrected chi connectivity index (χ1v) is 6.17. The van der Waals surface area contributed by atoms with Crippen LogP contribution in [0.25, 0.3) is 0 Å². The fourth-order valence-corrected chi connectivity index (χ4v) is 1.84. The molecule has 0 unspecified atom stereocenters. The number of nitriles is 1. The highest BCUT2D eigenvalue weighted by molar-refractivity contribution is 7.99. The Labute approximate surface area is 86.3 Å². The molecule has 0 atom stereocenters. The summed E-state index contributed by atoms with van der Waals surface area (Å²) in [6.45, 7) is 7.07. The van der Waals surface area contributed by atoms with E-state index in [9.17, 15) is 0 Å². The molecule has 0 bridgehead atoms. The van der Waals surface area contributed by atoms with Gasteiger partial charge in [-0.25, -0.2) is 0 Å². The van der Waals surface area contributed by atoms with Gasteiger partial charge in [0.05, 0.1) is 12.6 Å². The first kappa shape index (κ1) is 12.8. The molecule has 2 nitrogen and oxygen atoms in total. The highest BCUT2D eigenvalue weighted by atomic mass is 32.2. The Bertz CT molecular complexity index is 142. The van der Waals surface area contributed by atoms with E-state index in [2.05, 4.69) is 24.8 Å². The van der Waals surface area contributed by atoms with E-state index in [0.29, 0.717) is 6.54 Å². The summed E-state index contributed by atoms with van der Waals surface area (Å²) < 4.78 is 0. The Morgan fingerprint density at radius 1 is 1.31 bits per heavy atom. The van der Waals surface area contributed by atoms with Gasteiger partial charge in [0.1, 0.15) is 0 Å². The molecule has 0 aliphatic heterocycles. The lowest BCUT2D eigenvalue weighted by Gasteiger charge is -2.17. The minimum atomic E-state index is 0.588. The van der Waals surface area contributed by atoms with E-state index in [1.54, 1.807) is 0 Å². The lowest BCUT2D eigenvalue weighted by Crippen LogP contribution is -2.26. The molecule has 0 saturated carbocycles. The predicted octanol–water partition coefficient (Wildman–Crippen LogP) is 2.37. The summed E-state index contributed by atoms with van der Waals surface area (Å²) in [6, 6.07) is 2.21. The molecule has 0 fully saturated rings. The number of rotatable bonds is 8. The monoisotopic (exact) mass is 200 g/mol. The van der Waals surface area contributed by atoms with Crippen molar-refractivity contribution in [2.45, 2.75) is 26.7 Å². The fraction of sp³-hybridized carbons (Fsp3) is 0.900. The third-order valence-electron chi connectivity index (χ3n) is 1.80. The zero-order valence-electron chi connectivity index (χ0n) is 8.75. The van der Waals surface area contributed by atoms with Crippen molar-refractivity contribution in [3.05, 3.63) is 0 Å². The Hall–Kier alpha value is -0.200.